The zero-order chi connectivity index (χ0) is 29.2. The number of aromatic nitrogens is 1. The van der Waals surface area contributed by atoms with E-state index in [2.05, 4.69) is 59.6 Å². The van der Waals surface area contributed by atoms with E-state index in [0.717, 1.165) is 56.0 Å². The molecule has 0 aliphatic carbocycles. The van der Waals surface area contributed by atoms with Crippen molar-refractivity contribution in [3.8, 4) is 28.7 Å². The van der Waals surface area contributed by atoms with Crippen LogP contribution in [-0.4, -0.2) is 54.2 Å². The number of pyridine rings is 1. The summed E-state index contributed by atoms with van der Waals surface area (Å²) < 4.78 is 6.12. The number of nitrogens with zero attached hydrogens (tertiary/aromatic N) is 3. The van der Waals surface area contributed by atoms with Gasteiger partial charge in [0, 0.05) is 66.2 Å². The summed E-state index contributed by atoms with van der Waals surface area (Å²) in [5, 5.41) is 20.5. The van der Waals surface area contributed by atoms with Gasteiger partial charge in [0.15, 0.2) is 0 Å². The Labute approximate surface area is 247 Å². The minimum atomic E-state index is -0.173. The number of nitrogens with one attached hydrogen (secondary N) is 3. The van der Waals surface area contributed by atoms with Crippen molar-refractivity contribution in [2.24, 2.45) is 0 Å². The molecule has 5 rings (SSSR count). The molecule has 2 aromatic carbocycles. The van der Waals surface area contributed by atoms with E-state index >= 15 is 0 Å². The molecule has 8 nitrogen and oxygen atoms in total. The van der Waals surface area contributed by atoms with E-state index in [-0.39, 0.29) is 23.0 Å². The number of hydrogen-bond acceptors (Lipinski definition) is 7. The van der Waals surface area contributed by atoms with E-state index in [4.69, 9.17) is 16.3 Å². The highest BCUT2D eigenvalue weighted by molar-refractivity contribution is 6.32. The highest BCUT2D eigenvalue weighted by atomic mass is 35.5. The van der Waals surface area contributed by atoms with Crippen molar-refractivity contribution in [2.45, 2.75) is 57.7 Å². The average molecular weight is 573 g/mol. The van der Waals surface area contributed by atoms with Gasteiger partial charge in [0.25, 0.3) is 5.91 Å². The first-order valence-electron chi connectivity index (χ1n) is 14.1. The summed E-state index contributed by atoms with van der Waals surface area (Å²) in [4.78, 5) is 20.0. The zero-order valence-corrected chi connectivity index (χ0v) is 24.8. The second kappa shape index (κ2) is 11.7. The summed E-state index contributed by atoms with van der Waals surface area (Å²) in [6.07, 6.45) is 3.46. The van der Waals surface area contributed by atoms with Gasteiger partial charge in [-0.25, -0.2) is 4.98 Å². The molecule has 3 N–H and O–H groups in total. The number of piperidine rings is 1. The van der Waals surface area contributed by atoms with Crippen LogP contribution in [0.1, 0.15) is 56.5 Å². The maximum absolute atomic E-state index is 13.1. The fourth-order valence-electron chi connectivity index (χ4n) is 6.13. The number of benzene rings is 2. The molecule has 2 fully saturated rings. The molecular formula is C32H37ClN6O2. The number of ether oxygens (including phenoxy) is 1. The number of nitriles is 1. The molecule has 3 aromatic rings. The largest absolute Gasteiger partial charge is 0.454 e. The topological polar surface area (TPSA) is 102 Å². The molecule has 2 saturated heterocycles. The van der Waals surface area contributed by atoms with Crippen LogP contribution in [0.2, 0.25) is 5.02 Å². The minimum absolute atomic E-state index is 0.0461. The quantitative estimate of drug-likeness (QED) is 0.358. The molecule has 9 heteroatoms. The Balaban J connectivity index is 1.31. The summed E-state index contributed by atoms with van der Waals surface area (Å²) >= 11 is 6.58. The van der Waals surface area contributed by atoms with Gasteiger partial charge >= 0.3 is 0 Å². The standard InChI is InChI=1S/C32H37ClN6O2/c1-31(2)17-23(18-32(3,4)38-31)37-30(40)21-8-10-28(26(33)16-21)41-27-7-5-6-24(25(27)19-34)22-9-11-29(36-20-22)39-14-12-35-13-15-39/h5-11,16,20,23,35,38H,12-15,17-18H2,1-4H3,(H,37,40). The maximum atomic E-state index is 13.1. The first-order valence-corrected chi connectivity index (χ1v) is 14.4. The molecule has 3 heterocycles. The van der Waals surface area contributed by atoms with E-state index in [1.807, 2.05) is 24.3 Å². The van der Waals surface area contributed by atoms with Crippen molar-refractivity contribution < 1.29 is 9.53 Å². The van der Waals surface area contributed by atoms with Gasteiger partial charge in [0.2, 0.25) is 0 Å². The minimum Gasteiger partial charge on any atom is -0.454 e. The molecule has 214 valence electrons. The SMILES string of the molecule is CC1(C)CC(NC(=O)c2ccc(Oc3cccc(-c4ccc(N5CCNCC5)nc4)c3C#N)c(Cl)c2)CC(C)(C)N1. The molecule has 0 radical (unpaired) electrons. The van der Waals surface area contributed by atoms with Gasteiger partial charge in [-0.05, 0) is 76.9 Å². The van der Waals surface area contributed by atoms with E-state index in [0.29, 0.717) is 27.6 Å². The van der Waals surface area contributed by atoms with Crippen LogP contribution in [0.25, 0.3) is 11.1 Å². The zero-order valence-electron chi connectivity index (χ0n) is 24.1. The molecule has 1 amide bonds. The van der Waals surface area contributed by atoms with Gasteiger partial charge in [-0.1, -0.05) is 23.7 Å². The number of amides is 1. The van der Waals surface area contributed by atoms with Crippen molar-refractivity contribution in [3.63, 3.8) is 0 Å². The Morgan fingerprint density at radius 3 is 2.44 bits per heavy atom. The highest BCUT2D eigenvalue weighted by Gasteiger charge is 2.38. The molecular weight excluding hydrogens is 536 g/mol. The van der Waals surface area contributed by atoms with E-state index in [1.165, 1.54) is 0 Å². The van der Waals surface area contributed by atoms with Gasteiger partial charge in [0.05, 0.1) is 5.02 Å². The van der Waals surface area contributed by atoms with Crippen LogP contribution in [0.15, 0.2) is 54.7 Å². The summed E-state index contributed by atoms with van der Waals surface area (Å²) in [6, 6.07) is 16.7. The van der Waals surface area contributed by atoms with Crippen LogP contribution in [0.4, 0.5) is 5.82 Å². The van der Waals surface area contributed by atoms with Crippen LogP contribution in [-0.2, 0) is 0 Å². The molecule has 0 saturated carbocycles. The predicted octanol–water partition coefficient (Wildman–Crippen LogP) is 5.51. The second-order valence-electron chi connectivity index (χ2n) is 12.2. The Morgan fingerprint density at radius 1 is 1.07 bits per heavy atom. The van der Waals surface area contributed by atoms with E-state index in [1.54, 1.807) is 30.5 Å². The van der Waals surface area contributed by atoms with Crippen molar-refractivity contribution >= 4 is 23.3 Å². The number of anilines is 1. The van der Waals surface area contributed by atoms with E-state index < -0.39 is 0 Å². The lowest BCUT2D eigenvalue weighted by Gasteiger charge is -2.46. The fourth-order valence-corrected chi connectivity index (χ4v) is 6.35. The number of piperazine rings is 1. The van der Waals surface area contributed by atoms with Crippen LogP contribution < -0.4 is 25.6 Å². The highest BCUT2D eigenvalue weighted by Crippen LogP contribution is 2.36. The Bertz CT molecular complexity index is 1440. The van der Waals surface area contributed by atoms with Crippen LogP contribution in [0.3, 0.4) is 0 Å². The lowest BCUT2D eigenvalue weighted by molar-refractivity contribution is 0.0873. The monoisotopic (exact) mass is 572 g/mol. The van der Waals surface area contributed by atoms with Crippen molar-refractivity contribution in [1.82, 2.24) is 20.9 Å². The summed E-state index contributed by atoms with van der Waals surface area (Å²) in [5.74, 6) is 1.50. The van der Waals surface area contributed by atoms with Gasteiger partial charge in [-0.15, -0.1) is 0 Å². The molecule has 2 aliphatic heterocycles. The molecule has 0 unspecified atom stereocenters. The summed E-state index contributed by atoms with van der Waals surface area (Å²) in [6.45, 7) is 12.3. The van der Waals surface area contributed by atoms with Crippen molar-refractivity contribution in [3.05, 3.63) is 70.9 Å². The third kappa shape index (κ3) is 6.82. The summed E-state index contributed by atoms with van der Waals surface area (Å²) in [5.41, 5.74) is 2.24. The second-order valence-corrected chi connectivity index (χ2v) is 12.6. The third-order valence-corrected chi connectivity index (χ3v) is 7.87. The Hall–Kier alpha value is -3.64. The molecule has 0 spiro atoms. The molecule has 2 aliphatic rings. The number of halogens is 1. The molecule has 41 heavy (non-hydrogen) atoms. The average Bonchev–Trinajstić information content (AvgIpc) is 2.93. The van der Waals surface area contributed by atoms with Crippen LogP contribution >= 0.6 is 11.6 Å². The van der Waals surface area contributed by atoms with Gasteiger partial charge in [-0.2, -0.15) is 5.26 Å². The fraction of sp³-hybridized carbons (Fsp3) is 0.406. The first-order chi connectivity index (χ1) is 19.5. The summed E-state index contributed by atoms with van der Waals surface area (Å²) in [7, 11) is 0. The number of rotatable bonds is 6. The van der Waals surface area contributed by atoms with Crippen molar-refractivity contribution in [2.75, 3.05) is 31.1 Å². The normalized spacial score (nSPS) is 18.4. The van der Waals surface area contributed by atoms with Gasteiger partial charge in [-0.3, -0.25) is 4.79 Å². The molecule has 1 aromatic heterocycles. The predicted molar refractivity (Wildman–Crippen MR) is 163 cm³/mol. The number of carbonyl (C=O) groups is 1. The smallest absolute Gasteiger partial charge is 0.251 e. The molecule has 0 bridgehead atoms. The maximum Gasteiger partial charge on any atom is 0.251 e. The lowest BCUT2D eigenvalue weighted by atomic mass is 9.79. The van der Waals surface area contributed by atoms with Gasteiger partial charge < -0.3 is 25.6 Å². The van der Waals surface area contributed by atoms with E-state index in [9.17, 15) is 10.1 Å². The number of hydrogen-bond donors (Lipinski definition) is 3. The Kier molecular flexibility index (Phi) is 8.23. The lowest BCUT2D eigenvalue weighted by Crippen LogP contribution is -2.62. The van der Waals surface area contributed by atoms with Gasteiger partial charge in [0.1, 0.15) is 28.9 Å². The first kappa shape index (κ1) is 28.9. The Morgan fingerprint density at radius 2 is 1.80 bits per heavy atom. The van der Waals surface area contributed by atoms with Crippen LogP contribution in [0.5, 0.6) is 11.5 Å². The van der Waals surface area contributed by atoms with Crippen molar-refractivity contribution in [1.29, 1.82) is 5.26 Å². The van der Waals surface area contributed by atoms with Crippen LogP contribution in [0, 0.1) is 11.3 Å². The number of carbonyl (C=O) groups excluding carboxylic acids is 1. The molecule has 0 atom stereocenters. The third-order valence-electron chi connectivity index (χ3n) is 7.58.